The second-order valence-electron chi connectivity index (χ2n) is 5.80. The quantitative estimate of drug-likeness (QED) is 0.734. The van der Waals surface area contributed by atoms with Gasteiger partial charge in [-0.1, -0.05) is 26.8 Å². The third-order valence-electron chi connectivity index (χ3n) is 3.17. The van der Waals surface area contributed by atoms with Crippen LogP contribution in [0.25, 0.3) is 4.91 Å². The van der Waals surface area contributed by atoms with Crippen LogP contribution >= 0.6 is 11.3 Å². The summed E-state index contributed by atoms with van der Waals surface area (Å²) in [6, 6.07) is 7.14. The average Bonchev–Trinajstić information content (AvgIpc) is 2.93. The summed E-state index contributed by atoms with van der Waals surface area (Å²) in [6.45, 7) is 5.39. The molecule has 1 aromatic heterocycles. The highest BCUT2D eigenvalue weighted by molar-refractivity contribution is 8.04. The number of rotatable bonds is 1. The van der Waals surface area contributed by atoms with Crippen molar-refractivity contribution in [1.82, 2.24) is 0 Å². The van der Waals surface area contributed by atoms with E-state index >= 15 is 0 Å². The zero-order valence-corrected chi connectivity index (χ0v) is 14.0. The van der Waals surface area contributed by atoms with Crippen LogP contribution in [0.15, 0.2) is 45.7 Å². The van der Waals surface area contributed by atoms with Gasteiger partial charge in [0.05, 0.1) is 9.81 Å². The van der Waals surface area contributed by atoms with Crippen molar-refractivity contribution in [1.29, 1.82) is 10.5 Å². The molecule has 1 aliphatic heterocycles. The molecule has 1 aromatic rings. The highest BCUT2D eigenvalue weighted by Gasteiger charge is 2.36. The maximum atomic E-state index is 12.9. The fourth-order valence-electron chi connectivity index (χ4n) is 2.14. The van der Waals surface area contributed by atoms with Gasteiger partial charge in [0, 0.05) is 10.5 Å². The molecule has 6 heteroatoms. The standard InChI is InChI=1S/C16H14N2O2S2/c1-16(2,3)15-8-11(12(9-17)10-18)7-14(22(15,19)20)13-5-4-6-21-13/h4-8H,1-3H3. The van der Waals surface area contributed by atoms with Crippen molar-refractivity contribution in [2.24, 2.45) is 5.41 Å². The van der Waals surface area contributed by atoms with Gasteiger partial charge in [-0.3, -0.25) is 0 Å². The number of sulfone groups is 1. The van der Waals surface area contributed by atoms with Crippen LogP contribution in [-0.2, 0) is 9.84 Å². The third-order valence-corrected chi connectivity index (χ3v) is 6.43. The Morgan fingerprint density at radius 2 is 1.82 bits per heavy atom. The normalized spacial score (nSPS) is 17.0. The van der Waals surface area contributed by atoms with Gasteiger partial charge in [0.2, 0.25) is 9.84 Å². The molecule has 0 atom stereocenters. The van der Waals surface area contributed by atoms with E-state index in [0.29, 0.717) is 10.5 Å². The van der Waals surface area contributed by atoms with E-state index in [9.17, 15) is 8.42 Å². The number of nitriles is 2. The smallest absolute Gasteiger partial charge is 0.204 e. The first-order chi connectivity index (χ1) is 10.2. The Morgan fingerprint density at radius 1 is 1.18 bits per heavy atom. The van der Waals surface area contributed by atoms with E-state index in [2.05, 4.69) is 0 Å². The van der Waals surface area contributed by atoms with Crippen molar-refractivity contribution >= 4 is 26.1 Å². The molecular formula is C16H14N2O2S2. The van der Waals surface area contributed by atoms with Crippen LogP contribution in [0.4, 0.5) is 0 Å². The molecule has 0 unspecified atom stereocenters. The summed E-state index contributed by atoms with van der Waals surface area (Å²) < 4.78 is 25.8. The minimum atomic E-state index is -3.65. The number of thiophene rings is 1. The van der Waals surface area contributed by atoms with E-state index in [1.165, 1.54) is 23.5 Å². The number of hydrogen-bond donors (Lipinski definition) is 0. The van der Waals surface area contributed by atoms with Gasteiger partial charge in [-0.2, -0.15) is 10.5 Å². The molecule has 4 nitrogen and oxygen atoms in total. The largest absolute Gasteiger partial charge is 0.219 e. The van der Waals surface area contributed by atoms with Crippen molar-refractivity contribution in [2.75, 3.05) is 0 Å². The Hall–Kier alpha value is -2.15. The Balaban J connectivity index is 2.84. The maximum Gasteiger partial charge on any atom is 0.204 e. The molecule has 0 aliphatic carbocycles. The molecule has 0 saturated carbocycles. The van der Waals surface area contributed by atoms with Gasteiger partial charge < -0.3 is 0 Å². The van der Waals surface area contributed by atoms with Gasteiger partial charge in [-0.05, 0) is 29.0 Å². The third kappa shape index (κ3) is 2.76. The van der Waals surface area contributed by atoms with Crippen LogP contribution < -0.4 is 0 Å². The summed E-state index contributed by atoms with van der Waals surface area (Å²) >= 11 is 1.31. The molecule has 0 bridgehead atoms. The lowest BCUT2D eigenvalue weighted by molar-refractivity contribution is 0.516. The van der Waals surface area contributed by atoms with E-state index in [4.69, 9.17) is 10.5 Å². The Labute approximate surface area is 134 Å². The van der Waals surface area contributed by atoms with Crippen molar-refractivity contribution in [3.63, 3.8) is 0 Å². The van der Waals surface area contributed by atoms with Crippen LogP contribution in [0, 0.1) is 28.1 Å². The van der Waals surface area contributed by atoms with Crippen LogP contribution in [0.3, 0.4) is 0 Å². The summed E-state index contributed by atoms with van der Waals surface area (Å²) in [5, 5.41) is 19.9. The fraction of sp³-hybridized carbons (Fsp3) is 0.250. The average molecular weight is 330 g/mol. The van der Waals surface area contributed by atoms with E-state index in [-0.39, 0.29) is 15.4 Å². The molecule has 112 valence electrons. The molecule has 0 aromatic carbocycles. The van der Waals surface area contributed by atoms with E-state index < -0.39 is 15.3 Å². The van der Waals surface area contributed by atoms with Gasteiger partial charge in [-0.25, -0.2) is 8.42 Å². The van der Waals surface area contributed by atoms with Crippen LogP contribution in [0.5, 0.6) is 0 Å². The molecule has 2 heterocycles. The molecule has 0 fully saturated rings. The van der Waals surface area contributed by atoms with Gasteiger partial charge in [0.1, 0.15) is 17.7 Å². The Kier molecular flexibility index (Phi) is 4.10. The summed E-state index contributed by atoms with van der Waals surface area (Å²) in [5.74, 6) is 0. The van der Waals surface area contributed by atoms with Crippen molar-refractivity contribution in [3.05, 3.63) is 50.6 Å². The number of allylic oxidation sites excluding steroid dienone is 5. The minimum absolute atomic E-state index is 0.0919. The lowest BCUT2D eigenvalue weighted by Gasteiger charge is -2.26. The first kappa shape index (κ1) is 16.2. The highest BCUT2D eigenvalue weighted by Crippen LogP contribution is 2.43. The number of hydrogen-bond acceptors (Lipinski definition) is 5. The minimum Gasteiger partial charge on any atom is -0.219 e. The van der Waals surface area contributed by atoms with Crippen LogP contribution in [0.1, 0.15) is 25.6 Å². The molecule has 0 saturated heterocycles. The summed E-state index contributed by atoms with van der Waals surface area (Å²) in [5.41, 5.74) is -0.379. The first-order valence-electron chi connectivity index (χ1n) is 6.49. The zero-order valence-electron chi connectivity index (χ0n) is 12.4. The number of nitrogens with zero attached hydrogens (tertiary/aromatic N) is 2. The van der Waals surface area contributed by atoms with Crippen molar-refractivity contribution in [2.45, 2.75) is 20.8 Å². The lowest BCUT2D eigenvalue weighted by Crippen LogP contribution is -2.21. The van der Waals surface area contributed by atoms with Gasteiger partial charge in [0.15, 0.2) is 0 Å². The van der Waals surface area contributed by atoms with E-state index in [0.717, 1.165) is 0 Å². The summed E-state index contributed by atoms with van der Waals surface area (Å²) in [4.78, 5) is 0.958. The summed E-state index contributed by atoms with van der Waals surface area (Å²) in [6.07, 6.45) is 2.85. The molecular weight excluding hydrogens is 316 g/mol. The molecule has 0 spiro atoms. The van der Waals surface area contributed by atoms with Gasteiger partial charge >= 0.3 is 0 Å². The fourth-order valence-corrected chi connectivity index (χ4v) is 5.19. The molecule has 0 N–H and O–H groups in total. The van der Waals surface area contributed by atoms with Gasteiger partial charge in [0.25, 0.3) is 0 Å². The molecule has 22 heavy (non-hydrogen) atoms. The van der Waals surface area contributed by atoms with Crippen molar-refractivity contribution < 1.29 is 8.42 Å². The molecule has 0 amide bonds. The second kappa shape index (κ2) is 5.57. The van der Waals surface area contributed by atoms with Crippen molar-refractivity contribution in [3.8, 4) is 12.1 Å². The highest BCUT2D eigenvalue weighted by atomic mass is 32.2. The first-order valence-corrected chi connectivity index (χ1v) is 8.85. The van der Waals surface area contributed by atoms with E-state index in [1.807, 2.05) is 12.1 Å². The zero-order chi connectivity index (χ0) is 16.5. The predicted molar refractivity (Wildman–Crippen MR) is 87.0 cm³/mol. The Bertz CT molecular complexity index is 863. The molecule has 0 radical (unpaired) electrons. The maximum absolute atomic E-state index is 12.9. The van der Waals surface area contributed by atoms with E-state index in [1.54, 1.807) is 38.3 Å². The predicted octanol–water partition coefficient (Wildman–Crippen LogP) is 3.79. The Morgan fingerprint density at radius 3 is 2.27 bits per heavy atom. The molecule has 1 aliphatic rings. The topological polar surface area (TPSA) is 81.7 Å². The summed E-state index contributed by atoms with van der Waals surface area (Å²) in [7, 11) is -3.65. The van der Waals surface area contributed by atoms with Gasteiger partial charge in [-0.15, -0.1) is 11.3 Å². The van der Waals surface area contributed by atoms with Crippen LogP contribution in [0.2, 0.25) is 0 Å². The van der Waals surface area contributed by atoms with Crippen LogP contribution in [-0.4, -0.2) is 8.42 Å². The second-order valence-corrected chi connectivity index (χ2v) is 8.64. The SMILES string of the molecule is CC(C)(C)C1=CC(=C(C#N)C#N)C=C(c2cccs2)S1(=O)=O. The molecule has 2 rings (SSSR count). The monoisotopic (exact) mass is 330 g/mol. The lowest BCUT2D eigenvalue weighted by atomic mass is 9.93.